The minimum Gasteiger partial charge on any atom is -0.328 e. The zero-order valence-corrected chi connectivity index (χ0v) is 8.62. The Morgan fingerprint density at radius 1 is 1.12 bits per heavy atom. The van der Waals surface area contributed by atoms with E-state index in [9.17, 15) is 13.2 Å². The molecule has 0 aliphatic carbocycles. The van der Waals surface area contributed by atoms with Gasteiger partial charge in [-0.3, -0.25) is 0 Å². The molecule has 0 aliphatic rings. The quantitative estimate of drug-likeness (QED) is 0.778. The van der Waals surface area contributed by atoms with Crippen LogP contribution in [0.5, 0.6) is 0 Å². The van der Waals surface area contributed by atoms with Crippen LogP contribution in [0.1, 0.15) is 0 Å². The molecule has 6 heteroatoms. The summed E-state index contributed by atoms with van der Waals surface area (Å²) in [7, 11) is 0. The Kier molecular flexibility index (Phi) is 2.74. The molecule has 0 aliphatic heterocycles. The third-order valence-electron chi connectivity index (χ3n) is 1.99. The summed E-state index contributed by atoms with van der Waals surface area (Å²) in [6.07, 6.45) is 0.860. The number of hydrogen-bond acceptors (Lipinski definition) is 2. The van der Waals surface area contributed by atoms with E-state index in [-0.39, 0.29) is 16.0 Å². The molecule has 0 saturated carbocycles. The molecule has 2 rings (SSSR count). The SMILES string of the molecule is Fc1cnc(=S)[nH]c1-c1cccc(F)c1F. The van der Waals surface area contributed by atoms with E-state index in [0.29, 0.717) is 0 Å². The molecule has 2 nitrogen and oxygen atoms in total. The molecular weight excluding hydrogens is 237 g/mol. The lowest BCUT2D eigenvalue weighted by molar-refractivity contribution is 0.509. The summed E-state index contributed by atoms with van der Waals surface area (Å²) < 4.78 is 39.7. The zero-order valence-electron chi connectivity index (χ0n) is 7.80. The molecule has 0 atom stereocenters. The molecular formula is C10H5F3N2S. The molecule has 1 N–H and O–H groups in total. The van der Waals surface area contributed by atoms with Crippen molar-refractivity contribution >= 4 is 12.2 Å². The van der Waals surface area contributed by atoms with Crippen LogP contribution in [0.25, 0.3) is 11.3 Å². The standard InChI is InChI=1S/C10H5F3N2S/c11-6-3-1-2-5(8(6)13)9-7(12)4-14-10(16)15-9/h1-4H,(H,14,15,16). The van der Waals surface area contributed by atoms with Crippen molar-refractivity contribution in [1.29, 1.82) is 0 Å². The van der Waals surface area contributed by atoms with Crippen molar-refractivity contribution in [2.45, 2.75) is 0 Å². The monoisotopic (exact) mass is 242 g/mol. The second kappa shape index (κ2) is 4.05. The normalized spacial score (nSPS) is 10.4. The summed E-state index contributed by atoms with van der Waals surface area (Å²) in [6.45, 7) is 0. The molecule has 0 bridgehead atoms. The number of halogens is 3. The summed E-state index contributed by atoms with van der Waals surface area (Å²) in [6, 6.07) is 3.49. The molecule has 2 aromatic rings. The van der Waals surface area contributed by atoms with Crippen LogP contribution in [0.2, 0.25) is 0 Å². The van der Waals surface area contributed by atoms with Gasteiger partial charge in [0, 0.05) is 5.56 Å². The number of nitrogens with zero attached hydrogens (tertiary/aromatic N) is 1. The van der Waals surface area contributed by atoms with Crippen LogP contribution < -0.4 is 0 Å². The fraction of sp³-hybridized carbons (Fsp3) is 0. The lowest BCUT2D eigenvalue weighted by Crippen LogP contribution is -1.96. The highest BCUT2D eigenvalue weighted by atomic mass is 32.1. The molecule has 0 radical (unpaired) electrons. The maximum Gasteiger partial charge on any atom is 0.197 e. The fourth-order valence-electron chi connectivity index (χ4n) is 1.27. The van der Waals surface area contributed by atoms with Gasteiger partial charge in [-0.05, 0) is 24.4 Å². The lowest BCUT2D eigenvalue weighted by Gasteiger charge is -2.04. The predicted octanol–water partition coefficient (Wildman–Crippen LogP) is 3.22. The topological polar surface area (TPSA) is 28.7 Å². The average molecular weight is 242 g/mol. The first-order valence-corrected chi connectivity index (χ1v) is 4.69. The van der Waals surface area contributed by atoms with Gasteiger partial charge in [0.25, 0.3) is 0 Å². The fourth-order valence-corrected chi connectivity index (χ4v) is 1.43. The van der Waals surface area contributed by atoms with Crippen LogP contribution in [0, 0.1) is 22.2 Å². The largest absolute Gasteiger partial charge is 0.328 e. The van der Waals surface area contributed by atoms with Gasteiger partial charge >= 0.3 is 0 Å². The molecule has 82 valence electrons. The number of H-pyrrole nitrogens is 1. The first-order valence-electron chi connectivity index (χ1n) is 4.29. The Morgan fingerprint density at radius 2 is 1.88 bits per heavy atom. The van der Waals surface area contributed by atoms with Gasteiger partial charge < -0.3 is 4.98 Å². The summed E-state index contributed by atoms with van der Waals surface area (Å²) in [5.74, 6) is -2.97. The maximum atomic E-state index is 13.4. The van der Waals surface area contributed by atoms with Crippen molar-refractivity contribution in [3.63, 3.8) is 0 Å². The molecule has 0 spiro atoms. The zero-order chi connectivity index (χ0) is 11.7. The van der Waals surface area contributed by atoms with Crippen LogP contribution in [-0.2, 0) is 0 Å². The van der Waals surface area contributed by atoms with Crippen molar-refractivity contribution in [2.24, 2.45) is 0 Å². The minimum absolute atomic E-state index is 0.0000567. The van der Waals surface area contributed by atoms with Gasteiger partial charge in [0.1, 0.15) is 0 Å². The number of benzene rings is 1. The summed E-state index contributed by atoms with van der Waals surface area (Å²) in [4.78, 5) is 5.87. The van der Waals surface area contributed by atoms with Crippen molar-refractivity contribution < 1.29 is 13.2 Å². The first-order chi connectivity index (χ1) is 7.59. The molecule has 16 heavy (non-hydrogen) atoms. The van der Waals surface area contributed by atoms with Crippen molar-refractivity contribution in [3.8, 4) is 11.3 Å². The van der Waals surface area contributed by atoms with Gasteiger partial charge in [0.15, 0.2) is 22.2 Å². The van der Waals surface area contributed by atoms with Crippen molar-refractivity contribution in [3.05, 3.63) is 46.6 Å². The number of hydrogen-bond donors (Lipinski definition) is 1. The van der Waals surface area contributed by atoms with E-state index in [4.69, 9.17) is 0 Å². The molecule has 1 heterocycles. The van der Waals surface area contributed by atoms with Gasteiger partial charge in [-0.25, -0.2) is 18.2 Å². The second-order valence-corrected chi connectivity index (χ2v) is 3.40. The number of aromatic nitrogens is 2. The van der Waals surface area contributed by atoms with E-state index >= 15 is 0 Å². The molecule has 1 aromatic heterocycles. The van der Waals surface area contributed by atoms with Gasteiger partial charge in [-0.15, -0.1) is 0 Å². The van der Waals surface area contributed by atoms with Gasteiger partial charge in [0.05, 0.1) is 11.9 Å². The van der Waals surface area contributed by atoms with Crippen molar-refractivity contribution in [2.75, 3.05) is 0 Å². The highest BCUT2D eigenvalue weighted by Gasteiger charge is 2.13. The van der Waals surface area contributed by atoms with E-state index in [1.54, 1.807) is 0 Å². The average Bonchev–Trinajstić information content (AvgIpc) is 2.26. The maximum absolute atomic E-state index is 13.4. The Bertz CT molecular complexity index is 595. The van der Waals surface area contributed by atoms with Gasteiger partial charge in [0.2, 0.25) is 0 Å². The Labute approximate surface area is 93.8 Å². The number of aromatic amines is 1. The lowest BCUT2D eigenvalue weighted by atomic mass is 10.1. The van der Waals surface area contributed by atoms with E-state index < -0.39 is 17.5 Å². The summed E-state index contributed by atoms with van der Waals surface area (Å²) in [5.41, 5.74) is -0.428. The highest BCUT2D eigenvalue weighted by Crippen LogP contribution is 2.24. The highest BCUT2D eigenvalue weighted by molar-refractivity contribution is 7.71. The third-order valence-corrected chi connectivity index (χ3v) is 2.19. The summed E-state index contributed by atoms with van der Waals surface area (Å²) >= 11 is 4.69. The van der Waals surface area contributed by atoms with Crippen molar-refractivity contribution in [1.82, 2.24) is 9.97 Å². The molecule has 0 unspecified atom stereocenters. The molecule has 0 saturated heterocycles. The summed E-state index contributed by atoms with van der Waals surface area (Å²) in [5, 5.41) is 0. The first kappa shape index (κ1) is 10.8. The molecule has 0 fully saturated rings. The molecule has 1 aromatic carbocycles. The van der Waals surface area contributed by atoms with Crippen LogP contribution in [0.3, 0.4) is 0 Å². The predicted molar refractivity (Wildman–Crippen MR) is 54.7 cm³/mol. The van der Waals surface area contributed by atoms with E-state index in [2.05, 4.69) is 22.2 Å². The smallest absolute Gasteiger partial charge is 0.197 e. The van der Waals surface area contributed by atoms with E-state index in [1.165, 1.54) is 12.1 Å². The Morgan fingerprint density at radius 3 is 2.62 bits per heavy atom. The van der Waals surface area contributed by atoms with Gasteiger partial charge in [-0.1, -0.05) is 6.07 Å². The Balaban J connectivity index is 2.72. The van der Waals surface area contributed by atoms with Crippen LogP contribution >= 0.6 is 12.2 Å². The third kappa shape index (κ3) is 1.83. The van der Waals surface area contributed by atoms with Crippen LogP contribution in [0.4, 0.5) is 13.2 Å². The number of rotatable bonds is 1. The van der Waals surface area contributed by atoms with Crippen LogP contribution in [-0.4, -0.2) is 9.97 Å². The van der Waals surface area contributed by atoms with E-state index in [0.717, 1.165) is 12.3 Å². The van der Waals surface area contributed by atoms with E-state index in [1.807, 2.05) is 0 Å². The minimum atomic E-state index is -1.13. The second-order valence-electron chi connectivity index (χ2n) is 3.01. The molecule has 0 amide bonds. The Hall–Kier alpha value is -1.69. The van der Waals surface area contributed by atoms with Crippen LogP contribution in [0.15, 0.2) is 24.4 Å². The van der Waals surface area contributed by atoms with Gasteiger partial charge in [-0.2, -0.15) is 0 Å². The number of nitrogens with one attached hydrogen (secondary N) is 1.